The van der Waals surface area contributed by atoms with Gasteiger partial charge in [0, 0.05) is 25.5 Å². The lowest BCUT2D eigenvalue weighted by molar-refractivity contribution is 0.129. The average Bonchev–Trinajstić information content (AvgIpc) is 2.67. The highest BCUT2D eigenvalue weighted by Crippen LogP contribution is 2.16. The summed E-state index contributed by atoms with van der Waals surface area (Å²) in [6.45, 7) is 6.09. The molecule has 15 heavy (non-hydrogen) atoms. The molecular formula is C12H22N2O. The number of hydrogen-bond donors (Lipinski definition) is 0. The Bertz CT molecular complexity index is 192. The van der Waals surface area contributed by atoms with Crippen LogP contribution in [0.25, 0.3) is 0 Å². The van der Waals surface area contributed by atoms with Gasteiger partial charge in [-0.1, -0.05) is 13.8 Å². The van der Waals surface area contributed by atoms with Crippen molar-refractivity contribution in [2.24, 2.45) is 9.98 Å². The van der Waals surface area contributed by atoms with Crippen LogP contribution < -0.4 is 0 Å². The van der Waals surface area contributed by atoms with Gasteiger partial charge in [-0.05, 0) is 25.7 Å². The van der Waals surface area contributed by atoms with Crippen molar-refractivity contribution in [2.45, 2.75) is 51.7 Å². The van der Waals surface area contributed by atoms with Crippen LogP contribution in [0.4, 0.5) is 0 Å². The van der Waals surface area contributed by atoms with Gasteiger partial charge in [0.05, 0.1) is 12.2 Å². The first kappa shape index (κ1) is 12.4. The molecule has 0 saturated carbocycles. The Kier molecular flexibility index (Phi) is 6.25. The van der Waals surface area contributed by atoms with Gasteiger partial charge in [0.1, 0.15) is 0 Å². The van der Waals surface area contributed by atoms with Crippen LogP contribution in [-0.2, 0) is 4.74 Å². The molecule has 0 N–H and O–H groups in total. The quantitative estimate of drug-likeness (QED) is 0.620. The molecule has 1 aliphatic rings. The van der Waals surface area contributed by atoms with E-state index in [0.29, 0.717) is 0 Å². The van der Waals surface area contributed by atoms with Crippen LogP contribution in [-0.4, -0.2) is 37.7 Å². The van der Waals surface area contributed by atoms with Crippen LogP contribution in [0.3, 0.4) is 0 Å². The predicted octanol–water partition coefficient (Wildman–Crippen LogP) is 2.50. The van der Waals surface area contributed by atoms with Crippen LogP contribution in [0.1, 0.15) is 39.5 Å². The van der Waals surface area contributed by atoms with Crippen molar-refractivity contribution in [3.05, 3.63) is 0 Å². The van der Waals surface area contributed by atoms with Gasteiger partial charge < -0.3 is 4.74 Å². The molecule has 3 nitrogen and oxygen atoms in total. The Morgan fingerprint density at radius 2 is 1.47 bits per heavy atom. The highest BCUT2D eigenvalue weighted by Gasteiger charge is 2.21. The van der Waals surface area contributed by atoms with E-state index in [9.17, 15) is 0 Å². The standard InChI is InChI=1S/C12H22N2O/c1-3-7-13-9-11-5-6-12(15-11)10-14-8-4-2/h9-12H,3-8H2,1-2H3/t11-,12+. The maximum atomic E-state index is 5.76. The zero-order valence-corrected chi connectivity index (χ0v) is 9.85. The van der Waals surface area contributed by atoms with E-state index in [1.54, 1.807) is 0 Å². The lowest BCUT2D eigenvalue weighted by Gasteiger charge is -2.05. The second-order valence-electron chi connectivity index (χ2n) is 3.90. The van der Waals surface area contributed by atoms with E-state index < -0.39 is 0 Å². The molecule has 0 aromatic heterocycles. The van der Waals surface area contributed by atoms with Crippen LogP contribution in [0.15, 0.2) is 9.98 Å². The Balaban J connectivity index is 2.20. The third-order valence-corrected chi connectivity index (χ3v) is 2.33. The van der Waals surface area contributed by atoms with Gasteiger partial charge in [-0.2, -0.15) is 0 Å². The molecule has 3 heteroatoms. The van der Waals surface area contributed by atoms with Crippen molar-refractivity contribution in [1.29, 1.82) is 0 Å². The molecule has 0 aliphatic carbocycles. The monoisotopic (exact) mass is 210 g/mol. The van der Waals surface area contributed by atoms with Gasteiger partial charge in [-0.3, -0.25) is 9.98 Å². The molecule has 1 heterocycles. The van der Waals surface area contributed by atoms with Crippen molar-refractivity contribution in [2.75, 3.05) is 13.1 Å². The minimum Gasteiger partial charge on any atom is -0.364 e. The molecule has 1 aliphatic heterocycles. The van der Waals surface area contributed by atoms with Gasteiger partial charge in [0.2, 0.25) is 0 Å². The summed E-state index contributed by atoms with van der Waals surface area (Å²) in [7, 11) is 0. The maximum Gasteiger partial charge on any atom is 0.0931 e. The lowest BCUT2D eigenvalue weighted by Crippen LogP contribution is -2.13. The van der Waals surface area contributed by atoms with E-state index in [2.05, 4.69) is 23.8 Å². The number of ether oxygens (including phenoxy) is 1. The molecule has 1 fully saturated rings. The largest absolute Gasteiger partial charge is 0.364 e. The summed E-state index contributed by atoms with van der Waals surface area (Å²) >= 11 is 0. The number of nitrogens with zero attached hydrogens (tertiary/aromatic N) is 2. The van der Waals surface area contributed by atoms with Gasteiger partial charge in [-0.25, -0.2) is 0 Å². The van der Waals surface area contributed by atoms with Crippen molar-refractivity contribution < 1.29 is 4.74 Å². The summed E-state index contributed by atoms with van der Waals surface area (Å²) in [5, 5.41) is 0. The van der Waals surface area contributed by atoms with Crippen molar-refractivity contribution >= 4 is 12.4 Å². The Morgan fingerprint density at radius 1 is 1.00 bits per heavy atom. The molecule has 0 radical (unpaired) electrons. The first-order valence-electron chi connectivity index (χ1n) is 6.02. The summed E-state index contributed by atoms with van der Waals surface area (Å²) in [4.78, 5) is 8.62. The van der Waals surface area contributed by atoms with E-state index in [0.717, 1.165) is 38.8 Å². The molecular weight excluding hydrogens is 188 g/mol. The smallest absolute Gasteiger partial charge is 0.0931 e. The molecule has 0 spiro atoms. The molecule has 0 aromatic rings. The lowest BCUT2D eigenvalue weighted by atomic mass is 10.2. The number of rotatable bonds is 6. The van der Waals surface area contributed by atoms with Crippen molar-refractivity contribution in [1.82, 2.24) is 0 Å². The summed E-state index contributed by atoms with van der Waals surface area (Å²) in [6, 6.07) is 0. The average molecular weight is 210 g/mol. The van der Waals surface area contributed by atoms with Crippen LogP contribution in [0.2, 0.25) is 0 Å². The summed E-state index contributed by atoms with van der Waals surface area (Å²) < 4.78 is 5.76. The summed E-state index contributed by atoms with van der Waals surface area (Å²) in [5.41, 5.74) is 0. The van der Waals surface area contributed by atoms with E-state index in [-0.39, 0.29) is 12.2 Å². The molecule has 0 aromatic carbocycles. The minimum atomic E-state index is 0.217. The van der Waals surface area contributed by atoms with Crippen LogP contribution in [0, 0.1) is 0 Å². The topological polar surface area (TPSA) is 34.0 Å². The molecule has 0 amide bonds. The van der Waals surface area contributed by atoms with E-state index in [1.807, 2.05) is 12.4 Å². The van der Waals surface area contributed by atoms with Crippen molar-refractivity contribution in [3.8, 4) is 0 Å². The first-order valence-corrected chi connectivity index (χ1v) is 6.02. The number of hydrogen-bond acceptors (Lipinski definition) is 3. The zero-order valence-electron chi connectivity index (χ0n) is 9.85. The third-order valence-electron chi connectivity index (χ3n) is 2.33. The normalized spacial score (nSPS) is 27.1. The SMILES string of the molecule is CCCN=C[C@@H]1CC[C@H](C=NCCC)O1. The third kappa shape index (κ3) is 5.07. The van der Waals surface area contributed by atoms with E-state index >= 15 is 0 Å². The Morgan fingerprint density at radius 3 is 1.87 bits per heavy atom. The van der Waals surface area contributed by atoms with E-state index in [4.69, 9.17) is 4.74 Å². The maximum absolute atomic E-state index is 5.76. The minimum absolute atomic E-state index is 0.217. The Labute approximate surface area is 92.7 Å². The van der Waals surface area contributed by atoms with Gasteiger partial charge >= 0.3 is 0 Å². The van der Waals surface area contributed by atoms with Gasteiger partial charge in [-0.15, -0.1) is 0 Å². The fraction of sp³-hybridized carbons (Fsp3) is 0.833. The fourth-order valence-electron chi connectivity index (χ4n) is 1.55. The van der Waals surface area contributed by atoms with Gasteiger partial charge in [0.15, 0.2) is 0 Å². The van der Waals surface area contributed by atoms with Crippen LogP contribution in [0.5, 0.6) is 0 Å². The molecule has 1 saturated heterocycles. The molecule has 86 valence electrons. The first-order chi connectivity index (χ1) is 7.36. The van der Waals surface area contributed by atoms with E-state index in [1.165, 1.54) is 0 Å². The number of aliphatic imine (C=N–C) groups is 2. The highest BCUT2D eigenvalue weighted by atomic mass is 16.5. The second-order valence-corrected chi connectivity index (χ2v) is 3.90. The predicted molar refractivity (Wildman–Crippen MR) is 65.2 cm³/mol. The Hall–Kier alpha value is -0.700. The fourth-order valence-corrected chi connectivity index (χ4v) is 1.55. The summed E-state index contributed by atoms with van der Waals surface area (Å²) in [5.74, 6) is 0. The molecule has 1 rings (SSSR count). The second kappa shape index (κ2) is 7.57. The molecule has 2 atom stereocenters. The highest BCUT2D eigenvalue weighted by molar-refractivity contribution is 5.68. The molecule has 0 unspecified atom stereocenters. The van der Waals surface area contributed by atoms with Crippen molar-refractivity contribution in [3.63, 3.8) is 0 Å². The van der Waals surface area contributed by atoms with Crippen LogP contribution >= 0.6 is 0 Å². The summed E-state index contributed by atoms with van der Waals surface area (Å²) in [6.07, 6.45) is 8.71. The molecule has 0 bridgehead atoms. The zero-order chi connectivity index (χ0) is 10.9. The van der Waals surface area contributed by atoms with Gasteiger partial charge in [0.25, 0.3) is 0 Å².